The van der Waals surface area contributed by atoms with Crippen LogP contribution < -0.4 is 10.6 Å². The highest BCUT2D eigenvalue weighted by molar-refractivity contribution is 14.0. The molecule has 0 spiro atoms. The Labute approximate surface area is 159 Å². The summed E-state index contributed by atoms with van der Waals surface area (Å²) < 4.78 is 5.75. The zero-order chi connectivity index (χ0) is 15.6. The van der Waals surface area contributed by atoms with Crippen molar-refractivity contribution in [3.8, 4) is 0 Å². The standard InChI is InChI=1S/C16H24N6O.HI/c17-15(20-13-11-14-12(13)3-1-10-23-14)21-6-8-22(9-7-21)16-18-4-2-5-19-16;/h2,4-5,12-14H,1,3,6-11H2,(H2,17,20);1H. The molecule has 1 aromatic heterocycles. The van der Waals surface area contributed by atoms with Gasteiger partial charge in [-0.2, -0.15) is 0 Å². The summed E-state index contributed by atoms with van der Waals surface area (Å²) in [5.41, 5.74) is 6.25. The summed E-state index contributed by atoms with van der Waals surface area (Å²) in [6.07, 6.45) is 7.41. The maximum absolute atomic E-state index is 6.25. The largest absolute Gasteiger partial charge is 0.378 e. The lowest BCUT2D eigenvalue weighted by atomic mass is 9.73. The first-order valence-corrected chi connectivity index (χ1v) is 8.53. The van der Waals surface area contributed by atoms with Crippen LogP contribution >= 0.6 is 24.0 Å². The number of piperazine rings is 1. The van der Waals surface area contributed by atoms with E-state index in [9.17, 15) is 0 Å². The average molecular weight is 444 g/mol. The number of aromatic nitrogens is 2. The summed E-state index contributed by atoms with van der Waals surface area (Å²) in [6, 6.07) is 2.20. The first kappa shape index (κ1) is 17.7. The molecule has 8 heteroatoms. The highest BCUT2D eigenvalue weighted by Gasteiger charge is 2.43. The molecule has 1 saturated carbocycles. The van der Waals surface area contributed by atoms with E-state index in [0.29, 0.717) is 24.0 Å². The highest BCUT2D eigenvalue weighted by atomic mass is 127. The molecule has 0 bridgehead atoms. The number of anilines is 1. The molecule has 3 heterocycles. The number of rotatable bonds is 2. The van der Waals surface area contributed by atoms with Crippen molar-refractivity contribution in [3.05, 3.63) is 18.5 Å². The molecule has 0 aromatic carbocycles. The van der Waals surface area contributed by atoms with Crippen LogP contribution in [-0.4, -0.2) is 65.8 Å². The summed E-state index contributed by atoms with van der Waals surface area (Å²) in [6.45, 7) is 4.40. The number of hydrogen-bond acceptors (Lipinski definition) is 5. The van der Waals surface area contributed by atoms with Gasteiger partial charge in [0.1, 0.15) is 0 Å². The molecule has 24 heavy (non-hydrogen) atoms. The van der Waals surface area contributed by atoms with E-state index in [1.807, 2.05) is 6.07 Å². The molecule has 2 saturated heterocycles. The Morgan fingerprint density at radius 3 is 2.67 bits per heavy atom. The van der Waals surface area contributed by atoms with Crippen molar-refractivity contribution >= 4 is 35.9 Å². The molecule has 7 nitrogen and oxygen atoms in total. The summed E-state index contributed by atoms with van der Waals surface area (Å²) in [4.78, 5) is 17.8. The van der Waals surface area contributed by atoms with E-state index < -0.39 is 0 Å². The maximum Gasteiger partial charge on any atom is 0.225 e. The fourth-order valence-electron chi connectivity index (χ4n) is 3.75. The second-order valence-electron chi connectivity index (χ2n) is 6.53. The van der Waals surface area contributed by atoms with Gasteiger partial charge in [0.15, 0.2) is 5.96 Å². The SMILES string of the molecule is I.NC(=NC1CC2OCCCC12)N1CCN(c2ncccn2)CC1. The molecule has 0 amide bonds. The van der Waals surface area contributed by atoms with Crippen molar-refractivity contribution in [2.45, 2.75) is 31.4 Å². The molecular formula is C16H25IN6O. The van der Waals surface area contributed by atoms with Crippen LogP contribution in [0.2, 0.25) is 0 Å². The third kappa shape index (κ3) is 3.58. The second kappa shape index (κ2) is 7.81. The van der Waals surface area contributed by atoms with Gasteiger partial charge in [0.05, 0.1) is 12.1 Å². The zero-order valence-corrected chi connectivity index (χ0v) is 16.1. The van der Waals surface area contributed by atoms with Crippen molar-refractivity contribution in [1.82, 2.24) is 14.9 Å². The number of ether oxygens (including phenoxy) is 1. The minimum atomic E-state index is 0. The summed E-state index contributed by atoms with van der Waals surface area (Å²) in [7, 11) is 0. The number of hydrogen-bond donors (Lipinski definition) is 1. The fourth-order valence-corrected chi connectivity index (χ4v) is 3.75. The molecule has 2 aliphatic heterocycles. The fraction of sp³-hybridized carbons (Fsp3) is 0.688. The quantitative estimate of drug-likeness (QED) is 0.418. The third-order valence-corrected chi connectivity index (χ3v) is 5.20. The van der Waals surface area contributed by atoms with Crippen molar-refractivity contribution in [1.29, 1.82) is 0 Å². The van der Waals surface area contributed by atoms with Gasteiger partial charge in [0.25, 0.3) is 0 Å². The molecule has 1 aromatic rings. The monoisotopic (exact) mass is 444 g/mol. The van der Waals surface area contributed by atoms with Crippen molar-refractivity contribution in [2.75, 3.05) is 37.7 Å². The molecular weight excluding hydrogens is 419 g/mol. The van der Waals surface area contributed by atoms with E-state index in [4.69, 9.17) is 15.5 Å². The normalized spacial score (nSPS) is 30.2. The number of nitrogens with two attached hydrogens (primary N) is 1. The van der Waals surface area contributed by atoms with E-state index >= 15 is 0 Å². The molecule has 4 rings (SSSR count). The van der Waals surface area contributed by atoms with Gasteiger partial charge in [-0.1, -0.05) is 0 Å². The maximum atomic E-state index is 6.25. The van der Waals surface area contributed by atoms with Crippen LogP contribution in [0.25, 0.3) is 0 Å². The molecule has 0 radical (unpaired) electrons. The number of nitrogens with zero attached hydrogens (tertiary/aromatic N) is 5. The number of fused-ring (bicyclic) bond motifs is 1. The highest BCUT2D eigenvalue weighted by Crippen LogP contribution is 2.39. The summed E-state index contributed by atoms with van der Waals surface area (Å²) in [5.74, 6) is 2.07. The van der Waals surface area contributed by atoms with Crippen molar-refractivity contribution < 1.29 is 4.74 Å². The predicted molar refractivity (Wildman–Crippen MR) is 104 cm³/mol. The van der Waals surface area contributed by atoms with Crippen LogP contribution in [-0.2, 0) is 4.74 Å². The van der Waals surface area contributed by atoms with Gasteiger partial charge >= 0.3 is 0 Å². The van der Waals surface area contributed by atoms with Crippen LogP contribution in [0.4, 0.5) is 5.95 Å². The van der Waals surface area contributed by atoms with Crippen LogP contribution in [0.1, 0.15) is 19.3 Å². The number of guanidine groups is 1. The van der Waals surface area contributed by atoms with Crippen molar-refractivity contribution in [3.63, 3.8) is 0 Å². The lowest BCUT2D eigenvalue weighted by Gasteiger charge is -2.46. The molecule has 3 fully saturated rings. The molecule has 3 unspecified atom stereocenters. The first-order chi connectivity index (χ1) is 11.3. The minimum Gasteiger partial charge on any atom is -0.378 e. The molecule has 1 aliphatic carbocycles. The lowest BCUT2D eigenvalue weighted by Crippen LogP contribution is -2.54. The number of aliphatic imine (C=N–C) groups is 1. The lowest BCUT2D eigenvalue weighted by molar-refractivity contribution is -0.0939. The van der Waals surface area contributed by atoms with Crippen LogP contribution in [0.15, 0.2) is 23.5 Å². The Morgan fingerprint density at radius 1 is 1.21 bits per heavy atom. The third-order valence-electron chi connectivity index (χ3n) is 5.20. The van der Waals surface area contributed by atoms with Gasteiger partial charge in [0, 0.05) is 51.1 Å². The molecule has 132 valence electrons. The Bertz CT molecular complexity index is 563. The van der Waals surface area contributed by atoms with Gasteiger partial charge in [-0.3, -0.25) is 0 Å². The van der Waals surface area contributed by atoms with Crippen LogP contribution in [0.5, 0.6) is 0 Å². The second-order valence-corrected chi connectivity index (χ2v) is 6.53. The molecule has 3 atom stereocenters. The van der Waals surface area contributed by atoms with Crippen LogP contribution in [0, 0.1) is 5.92 Å². The Morgan fingerprint density at radius 2 is 1.96 bits per heavy atom. The smallest absolute Gasteiger partial charge is 0.225 e. The molecule has 2 N–H and O–H groups in total. The summed E-state index contributed by atoms with van der Waals surface area (Å²) >= 11 is 0. The van der Waals surface area contributed by atoms with Gasteiger partial charge < -0.3 is 20.3 Å². The predicted octanol–water partition coefficient (Wildman–Crippen LogP) is 1.10. The number of halogens is 1. The Hall–Kier alpha value is -1.16. The Kier molecular flexibility index (Phi) is 5.75. The Balaban J connectivity index is 0.00000169. The van der Waals surface area contributed by atoms with Gasteiger partial charge in [-0.15, -0.1) is 24.0 Å². The van der Waals surface area contributed by atoms with Gasteiger partial charge in [-0.05, 0) is 25.3 Å². The topological polar surface area (TPSA) is 79.9 Å². The van der Waals surface area contributed by atoms with E-state index in [1.54, 1.807) is 12.4 Å². The van der Waals surface area contributed by atoms with Crippen molar-refractivity contribution in [2.24, 2.45) is 16.6 Å². The van der Waals surface area contributed by atoms with Gasteiger partial charge in [-0.25, -0.2) is 15.0 Å². The van der Waals surface area contributed by atoms with E-state index in [0.717, 1.165) is 51.6 Å². The van der Waals surface area contributed by atoms with Gasteiger partial charge in [0.2, 0.25) is 5.95 Å². The molecule has 3 aliphatic rings. The van der Waals surface area contributed by atoms with E-state index in [1.165, 1.54) is 6.42 Å². The van der Waals surface area contributed by atoms with Crippen LogP contribution in [0.3, 0.4) is 0 Å². The average Bonchev–Trinajstić information content (AvgIpc) is 2.60. The zero-order valence-electron chi connectivity index (χ0n) is 13.8. The first-order valence-electron chi connectivity index (χ1n) is 8.53. The summed E-state index contributed by atoms with van der Waals surface area (Å²) in [5, 5.41) is 0. The van der Waals surface area contributed by atoms with E-state index in [-0.39, 0.29) is 24.0 Å². The van der Waals surface area contributed by atoms with E-state index in [2.05, 4.69) is 19.8 Å². The minimum absolute atomic E-state index is 0.